The van der Waals surface area contributed by atoms with Crippen molar-refractivity contribution in [1.82, 2.24) is 9.78 Å². The minimum absolute atomic E-state index is 0.0735. The number of rotatable bonds is 4. The maximum atomic E-state index is 11.0. The van der Waals surface area contributed by atoms with Crippen molar-refractivity contribution in [2.75, 3.05) is 0 Å². The monoisotopic (exact) mass is 217 g/mol. The predicted molar refractivity (Wildman–Crippen MR) is 53.2 cm³/mol. The van der Waals surface area contributed by atoms with Gasteiger partial charge in [0.15, 0.2) is 0 Å². The number of hydrogen-bond acceptors (Lipinski definition) is 3. The normalized spacial score (nSPS) is 12.3. The second-order valence-electron chi connectivity index (χ2n) is 3.17. The van der Waals surface area contributed by atoms with Crippen LogP contribution in [-0.4, -0.2) is 18.2 Å². The van der Waals surface area contributed by atoms with E-state index >= 15 is 0 Å². The van der Waals surface area contributed by atoms with E-state index in [1.165, 1.54) is 12.4 Å². The van der Waals surface area contributed by atoms with Crippen LogP contribution in [0.5, 0.6) is 0 Å². The molecule has 0 saturated heterocycles. The number of primary sulfonamides is 1. The van der Waals surface area contributed by atoms with Crippen molar-refractivity contribution in [3.63, 3.8) is 0 Å². The Labute approximate surface area is 84.0 Å². The van der Waals surface area contributed by atoms with Gasteiger partial charge in [0.1, 0.15) is 4.90 Å². The smallest absolute Gasteiger partial charge is 0.241 e. The Hall–Kier alpha value is -0.880. The van der Waals surface area contributed by atoms with Crippen LogP contribution in [0.2, 0.25) is 0 Å². The molecule has 1 heterocycles. The molecule has 5 nitrogen and oxygen atoms in total. The second kappa shape index (κ2) is 4.10. The van der Waals surface area contributed by atoms with Crippen LogP contribution in [0.25, 0.3) is 0 Å². The van der Waals surface area contributed by atoms with Gasteiger partial charge in [-0.3, -0.25) is 4.68 Å². The standard InChI is InChI=1S/C8H15N3O2S/c1-3-7(4-2)11-6-8(5-10-11)14(9,12)13/h5-7H,3-4H2,1-2H3,(H2,9,12,13). The fraction of sp³-hybridized carbons (Fsp3) is 0.625. The van der Waals surface area contributed by atoms with Gasteiger partial charge >= 0.3 is 0 Å². The van der Waals surface area contributed by atoms with E-state index in [9.17, 15) is 8.42 Å². The lowest BCUT2D eigenvalue weighted by Gasteiger charge is -2.11. The van der Waals surface area contributed by atoms with Crippen LogP contribution in [0.1, 0.15) is 32.7 Å². The van der Waals surface area contributed by atoms with Gasteiger partial charge in [0, 0.05) is 6.20 Å². The lowest BCUT2D eigenvalue weighted by molar-refractivity contribution is 0.427. The maximum Gasteiger partial charge on any atom is 0.241 e. The van der Waals surface area contributed by atoms with Gasteiger partial charge in [-0.2, -0.15) is 5.10 Å². The van der Waals surface area contributed by atoms with Gasteiger partial charge in [0.2, 0.25) is 10.0 Å². The minimum atomic E-state index is -3.62. The van der Waals surface area contributed by atoms with E-state index in [4.69, 9.17) is 5.14 Å². The Morgan fingerprint density at radius 3 is 2.43 bits per heavy atom. The summed E-state index contributed by atoms with van der Waals surface area (Å²) in [4.78, 5) is 0.0735. The predicted octanol–water partition coefficient (Wildman–Crippen LogP) is 0.892. The summed E-state index contributed by atoms with van der Waals surface area (Å²) in [5, 5.41) is 8.95. The Bertz CT molecular complexity index is 392. The van der Waals surface area contributed by atoms with E-state index in [1.807, 2.05) is 13.8 Å². The Kier molecular flexibility index (Phi) is 3.28. The molecule has 0 radical (unpaired) electrons. The highest BCUT2D eigenvalue weighted by atomic mass is 32.2. The first-order valence-electron chi connectivity index (χ1n) is 4.56. The van der Waals surface area contributed by atoms with Crippen LogP contribution in [0.15, 0.2) is 17.3 Å². The molecule has 0 amide bonds. The van der Waals surface area contributed by atoms with Crippen LogP contribution in [-0.2, 0) is 10.0 Å². The average molecular weight is 217 g/mol. The molecule has 0 aromatic carbocycles. The molecule has 0 bridgehead atoms. The highest BCUT2D eigenvalue weighted by Gasteiger charge is 2.13. The van der Waals surface area contributed by atoms with E-state index in [1.54, 1.807) is 4.68 Å². The minimum Gasteiger partial charge on any atom is -0.268 e. The largest absolute Gasteiger partial charge is 0.268 e. The first kappa shape index (κ1) is 11.2. The van der Waals surface area contributed by atoms with E-state index in [2.05, 4.69) is 5.10 Å². The van der Waals surface area contributed by atoms with Crippen LogP contribution in [0.3, 0.4) is 0 Å². The third-order valence-corrected chi connectivity index (χ3v) is 3.09. The van der Waals surface area contributed by atoms with Crippen molar-refractivity contribution in [3.8, 4) is 0 Å². The number of sulfonamides is 1. The Balaban J connectivity index is 2.99. The summed E-state index contributed by atoms with van der Waals surface area (Å²) in [5.41, 5.74) is 0. The summed E-state index contributed by atoms with van der Waals surface area (Å²) < 4.78 is 23.6. The molecule has 2 N–H and O–H groups in total. The molecule has 14 heavy (non-hydrogen) atoms. The zero-order chi connectivity index (χ0) is 10.8. The first-order chi connectivity index (χ1) is 6.49. The van der Waals surface area contributed by atoms with Gasteiger partial charge in [-0.15, -0.1) is 0 Å². The second-order valence-corrected chi connectivity index (χ2v) is 4.73. The number of hydrogen-bond donors (Lipinski definition) is 1. The average Bonchev–Trinajstić information content (AvgIpc) is 2.54. The molecular formula is C8H15N3O2S. The molecule has 0 saturated carbocycles. The van der Waals surface area contributed by atoms with Gasteiger partial charge in [0.25, 0.3) is 0 Å². The lowest BCUT2D eigenvalue weighted by atomic mass is 10.2. The number of aromatic nitrogens is 2. The third-order valence-electron chi connectivity index (χ3n) is 2.22. The van der Waals surface area contributed by atoms with E-state index in [0.717, 1.165) is 12.8 Å². The summed E-state index contributed by atoms with van der Waals surface area (Å²) >= 11 is 0. The van der Waals surface area contributed by atoms with Crippen LogP contribution < -0.4 is 5.14 Å². The molecule has 0 aliphatic carbocycles. The molecular weight excluding hydrogens is 202 g/mol. The summed E-state index contributed by atoms with van der Waals surface area (Å²) in [6.45, 7) is 4.07. The van der Waals surface area contributed by atoms with Gasteiger partial charge in [-0.1, -0.05) is 13.8 Å². The fourth-order valence-corrected chi connectivity index (χ4v) is 1.78. The number of nitrogens with two attached hydrogens (primary N) is 1. The van der Waals surface area contributed by atoms with E-state index in [-0.39, 0.29) is 10.9 Å². The topological polar surface area (TPSA) is 78.0 Å². The SMILES string of the molecule is CCC(CC)n1cc(S(N)(=O)=O)cn1. The first-order valence-corrected chi connectivity index (χ1v) is 6.10. The summed E-state index contributed by atoms with van der Waals surface area (Å²) in [7, 11) is -3.62. The lowest BCUT2D eigenvalue weighted by Crippen LogP contribution is -2.11. The molecule has 0 unspecified atom stereocenters. The molecule has 0 atom stereocenters. The molecule has 80 valence electrons. The summed E-state index contributed by atoms with van der Waals surface area (Å²) in [6, 6.07) is 0.241. The van der Waals surface area contributed by atoms with Crippen molar-refractivity contribution in [1.29, 1.82) is 0 Å². The zero-order valence-corrected chi connectivity index (χ0v) is 9.16. The van der Waals surface area contributed by atoms with Crippen molar-refractivity contribution in [2.24, 2.45) is 5.14 Å². The highest BCUT2D eigenvalue weighted by Crippen LogP contribution is 2.16. The van der Waals surface area contributed by atoms with Gasteiger partial charge in [0.05, 0.1) is 12.2 Å². The van der Waals surface area contributed by atoms with Crippen molar-refractivity contribution in [2.45, 2.75) is 37.6 Å². The Morgan fingerprint density at radius 2 is 2.07 bits per heavy atom. The third kappa shape index (κ3) is 2.33. The molecule has 0 fully saturated rings. The quantitative estimate of drug-likeness (QED) is 0.813. The number of nitrogens with zero attached hydrogens (tertiary/aromatic N) is 2. The van der Waals surface area contributed by atoms with Gasteiger partial charge in [-0.05, 0) is 12.8 Å². The summed E-state index contributed by atoms with van der Waals surface area (Å²) in [6.07, 6.45) is 4.60. The van der Waals surface area contributed by atoms with Crippen LogP contribution in [0, 0.1) is 0 Å². The van der Waals surface area contributed by atoms with Crippen molar-refractivity contribution in [3.05, 3.63) is 12.4 Å². The molecule has 0 aliphatic rings. The van der Waals surface area contributed by atoms with Crippen LogP contribution >= 0.6 is 0 Å². The molecule has 1 rings (SSSR count). The van der Waals surface area contributed by atoms with E-state index in [0.29, 0.717) is 0 Å². The van der Waals surface area contributed by atoms with Crippen molar-refractivity contribution < 1.29 is 8.42 Å². The molecule has 0 aliphatic heterocycles. The van der Waals surface area contributed by atoms with Gasteiger partial charge in [-0.25, -0.2) is 13.6 Å². The van der Waals surface area contributed by atoms with Gasteiger partial charge < -0.3 is 0 Å². The zero-order valence-electron chi connectivity index (χ0n) is 8.34. The fourth-order valence-electron chi connectivity index (χ4n) is 1.33. The molecule has 0 spiro atoms. The maximum absolute atomic E-state index is 11.0. The van der Waals surface area contributed by atoms with E-state index < -0.39 is 10.0 Å². The van der Waals surface area contributed by atoms with Crippen molar-refractivity contribution >= 4 is 10.0 Å². The molecule has 1 aromatic heterocycles. The highest BCUT2D eigenvalue weighted by molar-refractivity contribution is 7.89. The Morgan fingerprint density at radius 1 is 1.50 bits per heavy atom. The van der Waals surface area contributed by atoms with Crippen LogP contribution in [0.4, 0.5) is 0 Å². The summed E-state index contributed by atoms with van der Waals surface area (Å²) in [5.74, 6) is 0. The molecule has 1 aromatic rings. The molecule has 6 heteroatoms.